The van der Waals surface area contributed by atoms with Gasteiger partial charge in [0.15, 0.2) is 0 Å². The van der Waals surface area contributed by atoms with E-state index in [0.717, 1.165) is 5.02 Å². The zero-order valence-electron chi connectivity index (χ0n) is 12.2. The van der Waals surface area contributed by atoms with Crippen LogP contribution < -0.4 is 0 Å². The van der Waals surface area contributed by atoms with Gasteiger partial charge in [-0.25, -0.2) is 0 Å². The van der Waals surface area contributed by atoms with E-state index in [1.165, 1.54) is 16.7 Å². The van der Waals surface area contributed by atoms with Crippen molar-refractivity contribution in [1.29, 1.82) is 0 Å². The summed E-state index contributed by atoms with van der Waals surface area (Å²) >= 11 is 6.46. The van der Waals surface area contributed by atoms with Crippen LogP contribution in [0.15, 0.2) is 84.9 Å². The van der Waals surface area contributed by atoms with E-state index in [-0.39, 0.29) is 0 Å². The maximum atomic E-state index is 6.46. The molecule has 0 saturated heterocycles. The number of rotatable bonds is 3. The molecule has 1 heteroatoms. The Morgan fingerprint density at radius 3 is 1.45 bits per heavy atom. The van der Waals surface area contributed by atoms with Crippen LogP contribution in [-0.4, -0.2) is 0 Å². The number of benzene rings is 3. The molecule has 0 aliphatic heterocycles. The van der Waals surface area contributed by atoms with Crippen LogP contribution in [0.25, 0.3) is 0 Å². The molecule has 108 valence electrons. The third-order valence-corrected chi connectivity index (χ3v) is 5.00. The van der Waals surface area contributed by atoms with Crippen LogP contribution >= 0.6 is 11.6 Å². The molecule has 1 saturated carbocycles. The molecule has 1 fully saturated rings. The molecule has 1 aliphatic carbocycles. The monoisotopic (exact) mass is 304 g/mol. The molecule has 0 spiro atoms. The zero-order valence-corrected chi connectivity index (χ0v) is 12.9. The molecule has 0 unspecified atom stereocenters. The van der Waals surface area contributed by atoms with Crippen molar-refractivity contribution in [3.63, 3.8) is 0 Å². The van der Waals surface area contributed by atoms with E-state index < -0.39 is 0 Å². The van der Waals surface area contributed by atoms with Gasteiger partial charge in [-0.05, 0) is 34.6 Å². The second-order valence-corrected chi connectivity index (χ2v) is 6.33. The summed E-state index contributed by atoms with van der Waals surface area (Å²) in [4.78, 5) is 0. The van der Waals surface area contributed by atoms with Crippen molar-refractivity contribution in [2.45, 2.75) is 17.8 Å². The first kappa shape index (κ1) is 13.6. The third kappa shape index (κ3) is 2.34. The first-order chi connectivity index (χ1) is 10.9. The summed E-state index contributed by atoms with van der Waals surface area (Å²) in [6.07, 6.45) is 0. The van der Waals surface area contributed by atoms with Gasteiger partial charge in [-0.3, -0.25) is 0 Å². The molecule has 22 heavy (non-hydrogen) atoms. The summed E-state index contributed by atoms with van der Waals surface area (Å²) in [7, 11) is 0. The number of hydrogen-bond donors (Lipinski definition) is 0. The van der Waals surface area contributed by atoms with E-state index >= 15 is 0 Å². The van der Waals surface area contributed by atoms with Crippen LogP contribution in [0.2, 0.25) is 5.02 Å². The summed E-state index contributed by atoms with van der Waals surface area (Å²) in [5.41, 5.74) is 4.08. The molecule has 0 N–H and O–H groups in total. The van der Waals surface area contributed by atoms with E-state index in [4.69, 9.17) is 11.6 Å². The molecule has 4 rings (SSSR count). The fourth-order valence-corrected chi connectivity index (χ4v) is 3.88. The zero-order chi connectivity index (χ0) is 14.9. The summed E-state index contributed by atoms with van der Waals surface area (Å²) in [5.74, 6) is 1.51. The summed E-state index contributed by atoms with van der Waals surface area (Å²) in [5, 5.41) is 0.881. The topological polar surface area (TPSA) is 0 Å². The standard InChI is InChI=1S/C21H17Cl/c22-18-14-8-7-13-17(18)21-19(15-9-3-1-4-10-15)20(21)16-11-5-2-6-12-16/h1-14,19-21H/t19-,20-/m0/s1. The smallest absolute Gasteiger partial charge is 0.0441 e. The van der Waals surface area contributed by atoms with Crippen molar-refractivity contribution in [1.82, 2.24) is 0 Å². The van der Waals surface area contributed by atoms with E-state index in [1.807, 2.05) is 12.1 Å². The second kappa shape index (κ2) is 5.62. The van der Waals surface area contributed by atoms with Crippen LogP contribution in [0, 0.1) is 0 Å². The van der Waals surface area contributed by atoms with Crippen molar-refractivity contribution >= 4 is 11.6 Å². The molecule has 0 amide bonds. The van der Waals surface area contributed by atoms with Gasteiger partial charge in [0.05, 0.1) is 0 Å². The summed E-state index contributed by atoms with van der Waals surface area (Å²) in [6.45, 7) is 0. The fraction of sp³-hybridized carbons (Fsp3) is 0.143. The molecular formula is C21H17Cl. The molecule has 3 aromatic rings. The maximum Gasteiger partial charge on any atom is 0.0441 e. The highest BCUT2D eigenvalue weighted by Gasteiger charge is 2.52. The lowest BCUT2D eigenvalue weighted by Gasteiger charge is -2.03. The number of halogens is 1. The quantitative estimate of drug-likeness (QED) is 0.556. The third-order valence-electron chi connectivity index (χ3n) is 4.65. The highest BCUT2D eigenvalue weighted by atomic mass is 35.5. The number of hydrogen-bond acceptors (Lipinski definition) is 0. The first-order valence-corrected chi connectivity index (χ1v) is 8.08. The fourth-order valence-electron chi connectivity index (χ4n) is 3.62. The normalized spacial score (nSPS) is 23.2. The Morgan fingerprint density at radius 1 is 0.500 bits per heavy atom. The van der Waals surface area contributed by atoms with Crippen LogP contribution in [-0.2, 0) is 0 Å². The maximum absolute atomic E-state index is 6.46. The van der Waals surface area contributed by atoms with E-state index in [2.05, 4.69) is 72.8 Å². The Hall–Kier alpha value is -2.05. The largest absolute Gasteiger partial charge is 0.0840 e. The molecule has 1 aliphatic rings. The summed E-state index contributed by atoms with van der Waals surface area (Å²) in [6, 6.07) is 29.8. The Labute approximate surface area is 136 Å². The predicted molar refractivity (Wildman–Crippen MR) is 92.6 cm³/mol. The van der Waals surface area contributed by atoms with Crippen LogP contribution in [0.3, 0.4) is 0 Å². The predicted octanol–water partition coefficient (Wildman–Crippen LogP) is 6.00. The van der Waals surface area contributed by atoms with Crippen molar-refractivity contribution in [2.75, 3.05) is 0 Å². The first-order valence-electron chi connectivity index (χ1n) is 7.70. The highest BCUT2D eigenvalue weighted by molar-refractivity contribution is 6.31. The molecule has 2 atom stereocenters. The van der Waals surface area contributed by atoms with E-state index in [9.17, 15) is 0 Å². The molecule has 0 heterocycles. The van der Waals surface area contributed by atoms with Crippen molar-refractivity contribution in [2.24, 2.45) is 0 Å². The molecule has 3 aromatic carbocycles. The average Bonchev–Trinajstić information content (AvgIpc) is 3.32. The van der Waals surface area contributed by atoms with Crippen LogP contribution in [0.5, 0.6) is 0 Å². The van der Waals surface area contributed by atoms with Crippen molar-refractivity contribution < 1.29 is 0 Å². The minimum Gasteiger partial charge on any atom is -0.0840 e. The van der Waals surface area contributed by atoms with Gasteiger partial charge < -0.3 is 0 Å². The Balaban J connectivity index is 1.77. The highest BCUT2D eigenvalue weighted by Crippen LogP contribution is 2.66. The second-order valence-electron chi connectivity index (χ2n) is 5.92. The van der Waals surface area contributed by atoms with Crippen LogP contribution in [0.1, 0.15) is 34.4 Å². The van der Waals surface area contributed by atoms with Gasteiger partial charge >= 0.3 is 0 Å². The Kier molecular flexibility index (Phi) is 3.48. The van der Waals surface area contributed by atoms with Gasteiger partial charge in [0.25, 0.3) is 0 Å². The lowest BCUT2D eigenvalue weighted by atomic mass is 10.0. The van der Waals surface area contributed by atoms with Gasteiger partial charge in [0.2, 0.25) is 0 Å². The van der Waals surface area contributed by atoms with Crippen molar-refractivity contribution in [3.05, 3.63) is 107 Å². The van der Waals surface area contributed by atoms with Gasteiger partial charge in [-0.2, -0.15) is 0 Å². The minimum absolute atomic E-state index is 0.471. The molecule has 0 radical (unpaired) electrons. The van der Waals surface area contributed by atoms with Gasteiger partial charge in [0.1, 0.15) is 0 Å². The van der Waals surface area contributed by atoms with Gasteiger partial charge in [0, 0.05) is 10.9 Å². The lowest BCUT2D eigenvalue weighted by molar-refractivity contribution is 1.03. The van der Waals surface area contributed by atoms with Crippen molar-refractivity contribution in [3.8, 4) is 0 Å². The van der Waals surface area contributed by atoms with Gasteiger partial charge in [-0.1, -0.05) is 90.5 Å². The summed E-state index contributed by atoms with van der Waals surface area (Å²) < 4.78 is 0. The molecular weight excluding hydrogens is 288 g/mol. The van der Waals surface area contributed by atoms with Crippen LogP contribution in [0.4, 0.5) is 0 Å². The van der Waals surface area contributed by atoms with E-state index in [0.29, 0.717) is 17.8 Å². The Morgan fingerprint density at radius 2 is 0.955 bits per heavy atom. The lowest BCUT2D eigenvalue weighted by Crippen LogP contribution is -1.85. The molecule has 0 aromatic heterocycles. The molecule has 0 nitrogen and oxygen atoms in total. The molecule has 0 bridgehead atoms. The average molecular weight is 305 g/mol. The van der Waals surface area contributed by atoms with Gasteiger partial charge in [-0.15, -0.1) is 0 Å². The Bertz CT molecular complexity index is 719. The van der Waals surface area contributed by atoms with E-state index in [1.54, 1.807) is 0 Å². The minimum atomic E-state index is 0.471. The SMILES string of the molecule is Clc1ccccc1C1[C@@H](c2ccccc2)[C@@H]1c1ccccc1.